The first-order valence-corrected chi connectivity index (χ1v) is 4.31. The van der Waals surface area contributed by atoms with Gasteiger partial charge in [0.2, 0.25) is 0 Å². The Kier molecular flexibility index (Phi) is 1.85. The molecule has 1 aromatic heterocycles. The number of rotatable bonds is 0. The molecule has 66 valence electrons. The number of hydrogen-bond donors (Lipinski definition) is 1. The van der Waals surface area contributed by atoms with Crippen LogP contribution in [0.3, 0.4) is 0 Å². The smallest absolute Gasteiger partial charge is 0.141 e. The van der Waals surface area contributed by atoms with E-state index in [4.69, 9.17) is 11.6 Å². The molecule has 13 heavy (non-hydrogen) atoms. The van der Waals surface area contributed by atoms with Crippen LogP contribution in [0.4, 0.5) is 0 Å². The van der Waals surface area contributed by atoms with Crippen LogP contribution < -0.4 is 0 Å². The van der Waals surface area contributed by atoms with Gasteiger partial charge < -0.3 is 5.11 Å². The van der Waals surface area contributed by atoms with E-state index < -0.39 is 0 Å². The molecule has 0 amide bonds. The molecule has 0 saturated heterocycles. The highest BCUT2D eigenvalue weighted by atomic mass is 35.5. The number of phenolic OH excluding ortho intramolecular Hbond substituents is 1. The molecule has 2 rings (SSSR count). The van der Waals surface area contributed by atoms with E-state index in [9.17, 15) is 5.11 Å². The predicted molar refractivity (Wildman–Crippen MR) is 53.2 cm³/mol. The molecule has 0 aliphatic rings. The minimum Gasteiger partial charge on any atom is -0.506 e. The maximum absolute atomic E-state index is 9.50. The van der Waals surface area contributed by atoms with Crippen molar-refractivity contribution in [2.24, 2.45) is 0 Å². The molecule has 2 aromatic rings. The molecular formula is C10H8ClNO. The highest BCUT2D eigenvalue weighted by molar-refractivity contribution is 6.35. The maximum atomic E-state index is 9.50. The molecule has 3 heteroatoms. The van der Waals surface area contributed by atoms with Gasteiger partial charge in [-0.25, -0.2) is 4.98 Å². The molecule has 0 fully saturated rings. The van der Waals surface area contributed by atoms with E-state index in [0.29, 0.717) is 10.5 Å². The van der Waals surface area contributed by atoms with Crippen molar-refractivity contribution in [3.8, 4) is 5.75 Å². The Morgan fingerprint density at radius 3 is 2.77 bits per heavy atom. The summed E-state index contributed by atoms with van der Waals surface area (Å²) in [7, 11) is 0. The lowest BCUT2D eigenvalue weighted by atomic mass is 10.2. The van der Waals surface area contributed by atoms with Crippen molar-refractivity contribution in [2.45, 2.75) is 6.92 Å². The first-order valence-electron chi connectivity index (χ1n) is 3.93. The second-order valence-corrected chi connectivity index (χ2v) is 3.32. The zero-order chi connectivity index (χ0) is 9.42. The van der Waals surface area contributed by atoms with Gasteiger partial charge >= 0.3 is 0 Å². The van der Waals surface area contributed by atoms with Crippen LogP contribution in [0, 0.1) is 6.92 Å². The third kappa shape index (κ3) is 1.33. The van der Waals surface area contributed by atoms with Gasteiger partial charge in [0.15, 0.2) is 0 Å². The second-order valence-electron chi connectivity index (χ2n) is 2.92. The zero-order valence-electron chi connectivity index (χ0n) is 7.08. The molecule has 0 radical (unpaired) electrons. The van der Waals surface area contributed by atoms with Gasteiger partial charge in [-0.1, -0.05) is 11.6 Å². The number of aromatic hydroxyl groups is 1. The van der Waals surface area contributed by atoms with Crippen LogP contribution >= 0.6 is 11.6 Å². The minimum atomic E-state index is 0.170. The number of phenols is 1. The Balaban J connectivity index is 2.92. The molecule has 1 N–H and O–H groups in total. The highest BCUT2D eigenvalue weighted by Crippen LogP contribution is 2.28. The van der Waals surface area contributed by atoms with Gasteiger partial charge in [0, 0.05) is 11.1 Å². The van der Waals surface area contributed by atoms with Gasteiger partial charge in [-0.15, -0.1) is 0 Å². The number of aromatic nitrogens is 1. The van der Waals surface area contributed by atoms with E-state index in [1.54, 1.807) is 12.1 Å². The van der Waals surface area contributed by atoms with E-state index in [-0.39, 0.29) is 5.75 Å². The summed E-state index contributed by atoms with van der Waals surface area (Å²) in [6.45, 7) is 1.87. The quantitative estimate of drug-likeness (QED) is 0.698. The van der Waals surface area contributed by atoms with Gasteiger partial charge in [0.05, 0.1) is 5.02 Å². The Labute approximate surface area is 80.8 Å². The normalized spacial score (nSPS) is 10.6. The molecule has 0 spiro atoms. The van der Waals surface area contributed by atoms with E-state index >= 15 is 0 Å². The number of benzene rings is 1. The van der Waals surface area contributed by atoms with Crippen molar-refractivity contribution in [1.29, 1.82) is 0 Å². The molecule has 0 atom stereocenters. The van der Waals surface area contributed by atoms with Gasteiger partial charge in [-0.05, 0) is 31.2 Å². The second kappa shape index (κ2) is 2.89. The maximum Gasteiger partial charge on any atom is 0.141 e. The van der Waals surface area contributed by atoms with Crippen molar-refractivity contribution in [2.75, 3.05) is 0 Å². The SMILES string of the molecule is Cc1ccc2c(Cl)ccc(O)c2n1. The molecule has 2 nitrogen and oxygen atoms in total. The molecule has 1 aromatic carbocycles. The fraction of sp³-hybridized carbons (Fsp3) is 0.100. The van der Waals surface area contributed by atoms with Crippen molar-refractivity contribution in [1.82, 2.24) is 4.98 Å². The van der Waals surface area contributed by atoms with Crippen LogP contribution in [-0.4, -0.2) is 10.1 Å². The fourth-order valence-corrected chi connectivity index (χ4v) is 1.48. The third-order valence-corrected chi connectivity index (χ3v) is 2.25. The van der Waals surface area contributed by atoms with Gasteiger partial charge in [-0.2, -0.15) is 0 Å². The Hall–Kier alpha value is -1.28. The molecule has 0 unspecified atom stereocenters. The van der Waals surface area contributed by atoms with Gasteiger partial charge in [-0.3, -0.25) is 0 Å². The van der Waals surface area contributed by atoms with Crippen LogP contribution in [0.15, 0.2) is 24.3 Å². The highest BCUT2D eigenvalue weighted by Gasteiger charge is 2.04. The Morgan fingerprint density at radius 2 is 2.00 bits per heavy atom. The van der Waals surface area contributed by atoms with Crippen LogP contribution in [-0.2, 0) is 0 Å². The number of halogens is 1. The fourth-order valence-electron chi connectivity index (χ4n) is 1.27. The summed E-state index contributed by atoms with van der Waals surface area (Å²) in [5.74, 6) is 0.170. The Morgan fingerprint density at radius 1 is 1.23 bits per heavy atom. The molecule has 0 saturated carbocycles. The van der Waals surface area contributed by atoms with E-state index in [1.807, 2.05) is 19.1 Å². The van der Waals surface area contributed by atoms with E-state index in [1.165, 1.54) is 0 Å². The first kappa shape index (κ1) is 8.32. The van der Waals surface area contributed by atoms with Crippen molar-refractivity contribution in [3.05, 3.63) is 35.0 Å². The van der Waals surface area contributed by atoms with Crippen molar-refractivity contribution >= 4 is 22.5 Å². The van der Waals surface area contributed by atoms with E-state index in [2.05, 4.69) is 4.98 Å². The number of aryl methyl sites for hydroxylation is 1. The minimum absolute atomic E-state index is 0.170. The lowest BCUT2D eigenvalue weighted by Crippen LogP contribution is -1.84. The lowest BCUT2D eigenvalue weighted by molar-refractivity contribution is 0.480. The topological polar surface area (TPSA) is 33.1 Å². The molecule has 0 aliphatic heterocycles. The predicted octanol–water partition coefficient (Wildman–Crippen LogP) is 2.90. The number of fused-ring (bicyclic) bond motifs is 1. The van der Waals surface area contributed by atoms with Crippen molar-refractivity contribution < 1.29 is 5.11 Å². The average molecular weight is 194 g/mol. The van der Waals surface area contributed by atoms with Crippen LogP contribution in [0.1, 0.15) is 5.69 Å². The van der Waals surface area contributed by atoms with E-state index in [0.717, 1.165) is 11.1 Å². The number of nitrogens with zero attached hydrogens (tertiary/aromatic N) is 1. The monoisotopic (exact) mass is 193 g/mol. The lowest BCUT2D eigenvalue weighted by Gasteiger charge is -2.02. The summed E-state index contributed by atoms with van der Waals surface area (Å²) >= 11 is 5.93. The average Bonchev–Trinajstić information content (AvgIpc) is 2.12. The standard InChI is InChI=1S/C10H8ClNO/c1-6-2-3-7-8(11)4-5-9(13)10(7)12-6/h2-5,13H,1H3. The van der Waals surface area contributed by atoms with Gasteiger partial charge in [0.1, 0.15) is 11.3 Å². The number of hydrogen-bond acceptors (Lipinski definition) is 2. The van der Waals surface area contributed by atoms with Crippen LogP contribution in [0.5, 0.6) is 5.75 Å². The van der Waals surface area contributed by atoms with Crippen LogP contribution in [0.2, 0.25) is 5.02 Å². The largest absolute Gasteiger partial charge is 0.506 e. The summed E-state index contributed by atoms with van der Waals surface area (Å²) < 4.78 is 0. The summed E-state index contributed by atoms with van der Waals surface area (Å²) in [6, 6.07) is 6.95. The zero-order valence-corrected chi connectivity index (χ0v) is 7.84. The summed E-state index contributed by atoms with van der Waals surface area (Å²) in [5, 5.41) is 10.9. The number of pyridine rings is 1. The molecule has 1 heterocycles. The summed E-state index contributed by atoms with van der Waals surface area (Å²) in [4.78, 5) is 4.20. The molecular weight excluding hydrogens is 186 g/mol. The molecule has 0 bridgehead atoms. The van der Waals surface area contributed by atoms with Gasteiger partial charge in [0.25, 0.3) is 0 Å². The van der Waals surface area contributed by atoms with Crippen molar-refractivity contribution in [3.63, 3.8) is 0 Å². The third-order valence-electron chi connectivity index (χ3n) is 1.92. The van der Waals surface area contributed by atoms with Crippen LogP contribution in [0.25, 0.3) is 10.9 Å². The first-order chi connectivity index (χ1) is 6.18. The summed E-state index contributed by atoms with van der Waals surface area (Å²) in [6.07, 6.45) is 0. The summed E-state index contributed by atoms with van der Waals surface area (Å²) in [5.41, 5.74) is 1.43. The Bertz CT molecular complexity index is 468. The molecule has 0 aliphatic carbocycles.